The Morgan fingerprint density at radius 3 is 2.61 bits per heavy atom. The Hall–Kier alpha value is -2.59. The number of nitrogens with zero attached hydrogens (tertiary/aromatic N) is 1. The number of carbonyl (C=O) groups is 4. The molecule has 1 aliphatic heterocycles. The van der Waals surface area contributed by atoms with Gasteiger partial charge < -0.3 is 26.4 Å². The molecule has 170 valence electrons. The fourth-order valence-electron chi connectivity index (χ4n) is 3.53. The molecule has 5 N–H and O–H groups in total. The van der Waals surface area contributed by atoms with Gasteiger partial charge in [0.15, 0.2) is 0 Å². The van der Waals surface area contributed by atoms with Crippen LogP contribution in [0.5, 0.6) is 0 Å². The summed E-state index contributed by atoms with van der Waals surface area (Å²) < 4.78 is 0. The predicted molar refractivity (Wildman–Crippen MR) is 118 cm³/mol. The van der Waals surface area contributed by atoms with Crippen molar-refractivity contribution in [2.75, 3.05) is 25.1 Å². The Balaban J connectivity index is 2.01. The van der Waals surface area contributed by atoms with Gasteiger partial charge in [-0.1, -0.05) is 30.3 Å². The first-order valence-corrected chi connectivity index (χ1v) is 11.6. The Morgan fingerprint density at radius 1 is 1.26 bits per heavy atom. The summed E-state index contributed by atoms with van der Waals surface area (Å²) in [6.45, 7) is -0.0903. The highest BCUT2D eigenvalue weighted by molar-refractivity contribution is 7.98. The van der Waals surface area contributed by atoms with Crippen LogP contribution in [-0.2, 0) is 25.6 Å². The topological polar surface area (TPSA) is 142 Å². The first-order chi connectivity index (χ1) is 14.8. The summed E-state index contributed by atoms with van der Waals surface area (Å²) in [5.41, 5.74) is 7.07. The Kier molecular flexibility index (Phi) is 9.80. The van der Waals surface area contributed by atoms with Gasteiger partial charge in [-0.3, -0.25) is 19.2 Å². The lowest BCUT2D eigenvalue weighted by Crippen LogP contribution is -2.55. The van der Waals surface area contributed by atoms with Crippen molar-refractivity contribution in [3.05, 3.63) is 35.9 Å². The predicted octanol–water partition coefficient (Wildman–Crippen LogP) is -0.0139. The summed E-state index contributed by atoms with van der Waals surface area (Å²) in [4.78, 5) is 50.4. The molecule has 9 nitrogen and oxygen atoms in total. The lowest BCUT2D eigenvalue weighted by atomic mass is 10.0. The molecule has 1 heterocycles. The second-order valence-electron chi connectivity index (χ2n) is 7.44. The van der Waals surface area contributed by atoms with E-state index in [1.165, 1.54) is 16.7 Å². The second kappa shape index (κ2) is 12.3. The van der Waals surface area contributed by atoms with E-state index in [9.17, 15) is 19.2 Å². The molecule has 31 heavy (non-hydrogen) atoms. The van der Waals surface area contributed by atoms with Crippen LogP contribution in [0.1, 0.15) is 24.8 Å². The van der Waals surface area contributed by atoms with Crippen LogP contribution in [0, 0.1) is 0 Å². The maximum atomic E-state index is 12.9. The summed E-state index contributed by atoms with van der Waals surface area (Å²) in [6, 6.07) is 7.11. The van der Waals surface area contributed by atoms with E-state index in [2.05, 4.69) is 10.6 Å². The molecule has 1 aromatic carbocycles. The van der Waals surface area contributed by atoms with Crippen LogP contribution < -0.4 is 16.4 Å². The number of carbonyl (C=O) groups excluding carboxylic acids is 3. The lowest BCUT2D eigenvalue weighted by Gasteiger charge is -2.28. The van der Waals surface area contributed by atoms with Gasteiger partial charge >= 0.3 is 5.97 Å². The molecule has 1 fully saturated rings. The maximum absolute atomic E-state index is 12.9. The van der Waals surface area contributed by atoms with Crippen LogP contribution in [0.2, 0.25) is 0 Å². The van der Waals surface area contributed by atoms with E-state index in [0.29, 0.717) is 38.0 Å². The second-order valence-corrected chi connectivity index (χ2v) is 8.43. The van der Waals surface area contributed by atoms with Crippen molar-refractivity contribution in [3.63, 3.8) is 0 Å². The van der Waals surface area contributed by atoms with Crippen LogP contribution in [0.15, 0.2) is 30.3 Å². The SMILES string of the molecule is CSCCC(NC(=O)C1CCCN1C(=O)C(N)Cc1ccccc1)C(=O)NCC(=O)O. The van der Waals surface area contributed by atoms with Gasteiger partial charge in [-0.2, -0.15) is 11.8 Å². The summed E-state index contributed by atoms with van der Waals surface area (Å²) >= 11 is 1.51. The van der Waals surface area contributed by atoms with E-state index in [0.717, 1.165) is 5.56 Å². The number of thioether (sulfide) groups is 1. The van der Waals surface area contributed by atoms with Crippen LogP contribution >= 0.6 is 11.8 Å². The zero-order valence-corrected chi connectivity index (χ0v) is 18.4. The zero-order chi connectivity index (χ0) is 22.8. The number of nitrogens with one attached hydrogen (secondary N) is 2. The molecule has 0 aromatic heterocycles. The number of carboxylic acids is 1. The Labute approximate surface area is 186 Å². The lowest BCUT2D eigenvalue weighted by molar-refractivity contribution is -0.141. The number of aliphatic carboxylic acids is 1. The highest BCUT2D eigenvalue weighted by Crippen LogP contribution is 2.19. The number of carboxylic acid groups (broad SMARTS) is 1. The van der Waals surface area contributed by atoms with E-state index >= 15 is 0 Å². The average Bonchev–Trinajstić information content (AvgIpc) is 3.24. The molecule has 1 aliphatic rings. The number of rotatable bonds is 11. The third-order valence-electron chi connectivity index (χ3n) is 5.11. The van der Waals surface area contributed by atoms with Gasteiger partial charge in [-0.25, -0.2) is 0 Å². The number of amides is 3. The molecule has 10 heteroatoms. The van der Waals surface area contributed by atoms with Gasteiger partial charge in [0.05, 0.1) is 6.04 Å². The highest BCUT2D eigenvalue weighted by Gasteiger charge is 2.37. The van der Waals surface area contributed by atoms with E-state index in [1.807, 2.05) is 36.6 Å². The van der Waals surface area contributed by atoms with Crippen molar-refractivity contribution >= 4 is 35.5 Å². The Bertz CT molecular complexity index is 776. The van der Waals surface area contributed by atoms with Crippen LogP contribution in [0.3, 0.4) is 0 Å². The molecule has 0 aliphatic carbocycles. The van der Waals surface area contributed by atoms with Crippen molar-refractivity contribution in [2.24, 2.45) is 5.73 Å². The number of likely N-dealkylation sites (tertiary alicyclic amines) is 1. The first-order valence-electron chi connectivity index (χ1n) is 10.2. The number of hydrogen-bond donors (Lipinski definition) is 4. The molecule has 0 spiro atoms. The standard InChI is InChI=1S/C21H30N4O5S/c1-31-11-9-16(19(28)23-13-18(26)27)24-20(29)17-8-5-10-25(17)21(30)15(22)12-14-6-3-2-4-7-14/h2-4,6-7,15-17H,5,8-13,22H2,1H3,(H,23,28)(H,24,29)(H,26,27). The van der Waals surface area contributed by atoms with Gasteiger partial charge in [0, 0.05) is 6.54 Å². The van der Waals surface area contributed by atoms with E-state index < -0.39 is 42.5 Å². The smallest absolute Gasteiger partial charge is 0.322 e. The third kappa shape index (κ3) is 7.55. The fourth-order valence-corrected chi connectivity index (χ4v) is 4.00. The van der Waals surface area contributed by atoms with Gasteiger partial charge in [0.2, 0.25) is 17.7 Å². The summed E-state index contributed by atoms with van der Waals surface area (Å²) in [7, 11) is 0. The molecule has 0 radical (unpaired) electrons. The normalized spacial score (nSPS) is 17.6. The van der Waals surface area contributed by atoms with Crippen molar-refractivity contribution < 1.29 is 24.3 Å². The molecular formula is C21H30N4O5S. The zero-order valence-electron chi connectivity index (χ0n) is 17.6. The third-order valence-corrected chi connectivity index (χ3v) is 5.76. The molecule has 3 amide bonds. The molecular weight excluding hydrogens is 420 g/mol. The molecule has 3 unspecified atom stereocenters. The van der Waals surface area contributed by atoms with Crippen molar-refractivity contribution in [2.45, 2.75) is 43.8 Å². The largest absolute Gasteiger partial charge is 0.480 e. The van der Waals surface area contributed by atoms with Crippen LogP contribution in [0.25, 0.3) is 0 Å². The maximum Gasteiger partial charge on any atom is 0.322 e. The van der Waals surface area contributed by atoms with Crippen molar-refractivity contribution in [3.8, 4) is 0 Å². The molecule has 1 saturated heterocycles. The van der Waals surface area contributed by atoms with E-state index in [-0.39, 0.29) is 5.91 Å². The van der Waals surface area contributed by atoms with Gasteiger partial charge in [0.25, 0.3) is 0 Å². The average molecular weight is 451 g/mol. The minimum Gasteiger partial charge on any atom is -0.480 e. The molecule has 0 saturated carbocycles. The van der Waals surface area contributed by atoms with Crippen molar-refractivity contribution in [1.29, 1.82) is 0 Å². The molecule has 3 atom stereocenters. The molecule has 0 bridgehead atoms. The molecule has 2 rings (SSSR count). The minimum absolute atomic E-state index is 0.294. The fraction of sp³-hybridized carbons (Fsp3) is 0.524. The Morgan fingerprint density at radius 2 is 1.97 bits per heavy atom. The minimum atomic E-state index is -1.16. The van der Waals surface area contributed by atoms with Crippen LogP contribution in [-0.4, -0.2) is 76.9 Å². The summed E-state index contributed by atoms with van der Waals surface area (Å²) in [5.74, 6) is -1.82. The number of benzene rings is 1. The van der Waals surface area contributed by atoms with E-state index in [1.54, 1.807) is 0 Å². The quantitative estimate of drug-likeness (QED) is 0.371. The van der Waals surface area contributed by atoms with Crippen LogP contribution in [0.4, 0.5) is 0 Å². The monoisotopic (exact) mass is 450 g/mol. The van der Waals surface area contributed by atoms with Gasteiger partial charge in [-0.15, -0.1) is 0 Å². The summed E-state index contributed by atoms with van der Waals surface area (Å²) in [6.07, 6.45) is 3.76. The summed E-state index contributed by atoms with van der Waals surface area (Å²) in [5, 5.41) is 13.8. The first kappa shape index (κ1) is 24.7. The number of nitrogens with two attached hydrogens (primary N) is 1. The highest BCUT2D eigenvalue weighted by atomic mass is 32.2. The molecule has 1 aromatic rings. The van der Waals surface area contributed by atoms with Gasteiger partial charge in [0.1, 0.15) is 18.6 Å². The number of hydrogen-bond acceptors (Lipinski definition) is 6. The van der Waals surface area contributed by atoms with E-state index in [4.69, 9.17) is 10.8 Å². The van der Waals surface area contributed by atoms with Crippen molar-refractivity contribution in [1.82, 2.24) is 15.5 Å². The van der Waals surface area contributed by atoms with Gasteiger partial charge in [-0.05, 0) is 43.3 Å².